The molecule has 6 nitrogen and oxygen atoms in total. The van der Waals surface area contributed by atoms with Gasteiger partial charge in [-0.2, -0.15) is 0 Å². The number of nitrogens with zero attached hydrogens (tertiary/aromatic N) is 3. The molecule has 1 aromatic heterocycles. The van der Waals surface area contributed by atoms with Crippen LogP contribution in [0.15, 0.2) is 51.7 Å². The average Bonchev–Trinajstić information content (AvgIpc) is 2.96. The number of oxazole rings is 1. The van der Waals surface area contributed by atoms with Gasteiger partial charge in [-0.1, -0.05) is 18.2 Å². The standard InChI is InChI=1S/C20H23N3O3/c1-21-16-8-7-15(13-19(16)26-20(21)24)14-22-9-11-23(12-10-22)17-5-3-4-6-18(17)25-2/h3-8,13H,9-12,14H2,1-2H3. The molecule has 136 valence electrons. The van der Waals surface area contributed by atoms with Gasteiger partial charge in [-0.15, -0.1) is 0 Å². The molecule has 3 aromatic rings. The highest BCUT2D eigenvalue weighted by molar-refractivity contribution is 5.73. The van der Waals surface area contributed by atoms with Crippen molar-refractivity contribution in [3.63, 3.8) is 0 Å². The van der Waals surface area contributed by atoms with Crippen LogP contribution in [0.1, 0.15) is 5.56 Å². The van der Waals surface area contributed by atoms with E-state index in [1.807, 2.05) is 30.3 Å². The number of aromatic nitrogens is 1. The van der Waals surface area contributed by atoms with Crippen LogP contribution in [0.3, 0.4) is 0 Å². The van der Waals surface area contributed by atoms with Gasteiger partial charge in [0.15, 0.2) is 5.58 Å². The number of anilines is 1. The molecule has 1 aliphatic rings. The molecule has 0 saturated carbocycles. The summed E-state index contributed by atoms with van der Waals surface area (Å²) in [5.41, 5.74) is 3.81. The molecular weight excluding hydrogens is 330 g/mol. The highest BCUT2D eigenvalue weighted by Crippen LogP contribution is 2.28. The van der Waals surface area contributed by atoms with E-state index in [0.29, 0.717) is 5.58 Å². The summed E-state index contributed by atoms with van der Waals surface area (Å²) in [4.78, 5) is 16.4. The maximum atomic E-state index is 11.6. The normalized spacial score (nSPS) is 15.5. The van der Waals surface area contributed by atoms with Gasteiger partial charge < -0.3 is 14.1 Å². The van der Waals surface area contributed by atoms with E-state index < -0.39 is 0 Å². The molecule has 0 spiro atoms. The van der Waals surface area contributed by atoms with Gasteiger partial charge in [0.25, 0.3) is 0 Å². The van der Waals surface area contributed by atoms with Crippen LogP contribution < -0.4 is 15.4 Å². The summed E-state index contributed by atoms with van der Waals surface area (Å²) in [6.45, 7) is 4.74. The van der Waals surface area contributed by atoms with Crippen LogP contribution in [-0.2, 0) is 13.6 Å². The fourth-order valence-electron chi connectivity index (χ4n) is 3.57. The van der Waals surface area contributed by atoms with Gasteiger partial charge in [-0.3, -0.25) is 9.47 Å². The third kappa shape index (κ3) is 3.08. The molecule has 1 saturated heterocycles. The fraction of sp³-hybridized carbons (Fsp3) is 0.350. The Labute approximate surface area is 152 Å². The monoisotopic (exact) mass is 353 g/mol. The van der Waals surface area contributed by atoms with Crippen molar-refractivity contribution < 1.29 is 9.15 Å². The number of ether oxygens (including phenoxy) is 1. The van der Waals surface area contributed by atoms with Crippen LogP contribution in [0, 0.1) is 0 Å². The van der Waals surface area contributed by atoms with Gasteiger partial charge in [0.2, 0.25) is 0 Å². The molecule has 2 aromatic carbocycles. The first-order chi connectivity index (χ1) is 12.7. The van der Waals surface area contributed by atoms with Gasteiger partial charge >= 0.3 is 5.76 Å². The predicted octanol–water partition coefficient (Wildman–Crippen LogP) is 2.46. The summed E-state index contributed by atoms with van der Waals surface area (Å²) in [6.07, 6.45) is 0. The van der Waals surface area contributed by atoms with Gasteiger partial charge in [0.1, 0.15) is 5.75 Å². The summed E-state index contributed by atoms with van der Waals surface area (Å²) >= 11 is 0. The van der Waals surface area contributed by atoms with E-state index in [4.69, 9.17) is 9.15 Å². The number of hydrogen-bond donors (Lipinski definition) is 0. The van der Waals surface area contributed by atoms with Crippen LogP contribution in [-0.4, -0.2) is 42.8 Å². The van der Waals surface area contributed by atoms with Gasteiger partial charge in [-0.25, -0.2) is 4.79 Å². The lowest BCUT2D eigenvalue weighted by molar-refractivity contribution is 0.249. The Hall–Kier alpha value is -2.73. The van der Waals surface area contributed by atoms with Crippen LogP contribution in [0.2, 0.25) is 0 Å². The second-order valence-corrected chi connectivity index (χ2v) is 6.66. The number of para-hydroxylation sites is 2. The van der Waals surface area contributed by atoms with E-state index in [-0.39, 0.29) is 5.76 Å². The molecule has 1 aliphatic heterocycles. The molecule has 0 bridgehead atoms. The zero-order valence-corrected chi connectivity index (χ0v) is 15.1. The zero-order chi connectivity index (χ0) is 18.1. The first-order valence-corrected chi connectivity index (χ1v) is 8.84. The van der Waals surface area contributed by atoms with Crippen molar-refractivity contribution in [1.82, 2.24) is 9.47 Å². The predicted molar refractivity (Wildman–Crippen MR) is 102 cm³/mol. The van der Waals surface area contributed by atoms with Crippen LogP contribution >= 0.6 is 0 Å². The van der Waals surface area contributed by atoms with Crippen LogP contribution in [0.4, 0.5) is 5.69 Å². The largest absolute Gasteiger partial charge is 0.495 e. The molecule has 0 N–H and O–H groups in total. The van der Waals surface area contributed by atoms with Crippen LogP contribution in [0.5, 0.6) is 5.75 Å². The summed E-state index contributed by atoms with van der Waals surface area (Å²) in [5.74, 6) is 0.605. The Morgan fingerprint density at radius 3 is 2.62 bits per heavy atom. The molecule has 26 heavy (non-hydrogen) atoms. The Kier molecular flexibility index (Phi) is 4.42. The van der Waals surface area contributed by atoms with Crippen molar-refractivity contribution in [3.8, 4) is 5.75 Å². The van der Waals surface area contributed by atoms with E-state index >= 15 is 0 Å². The summed E-state index contributed by atoms with van der Waals surface area (Å²) in [6, 6.07) is 14.2. The van der Waals surface area contributed by atoms with Crippen molar-refractivity contribution in [2.75, 3.05) is 38.2 Å². The lowest BCUT2D eigenvalue weighted by Gasteiger charge is -2.36. The van der Waals surface area contributed by atoms with E-state index in [2.05, 4.69) is 21.9 Å². The van der Waals surface area contributed by atoms with Gasteiger partial charge in [0.05, 0.1) is 18.3 Å². The Morgan fingerprint density at radius 1 is 1.08 bits per heavy atom. The number of benzene rings is 2. The number of fused-ring (bicyclic) bond motifs is 1. The van der Waals surface area contributed by atoms with E-state index in [1.54, 1.807) is 14.2 Å². The molecule has 2 heterocycles. The highest BCUT2D eigenvalue weighted by atomic mass is 16.5. The van der Waals surface area contributed by atoms with E-state index in [1.165, 1.54) is 4.57 Å². The number of rotatable bonds is 4. The molecule has 0 amide bonds. The molecule has 1 fully saturated rings. The van der Waals surface area contributed by atoms with E-state index in [9.17, 15) is 4.79 Å². The first kappa shape index (κ1) is 16.7. The fourth-order valence-corrected chi connectivity index (χ4v) is 3.57. The molecule has 0 atom stereocenters. The van der Waals surface area contributed by atoms with Crippen molar-refractivity contribution in [2.24, 2.45) is 7.05 Å². The zero-order valence-electron chi connectivity index (χ0n) is 15.1. The summed E-state index contributed by atoms with van der Waals surface area (Å²) < 4.78 is 12.3. The van der Waals surface area contributed by atoms with Crippen molar-refractivity contribution >= 4 is 16.8 Å². The van der Waals surface area contributed by atoms with Crippen molar-refractivity contribution in [3.05, 3.63) is 58.6 Å². The molecular formula is C20H23N3O3. The van der Waals surface area contributed by atoms with Gasteiger partial charge in [0, 0.05) is 39.8 Å². The molecule has 0 unspecified atom stereocenters. The minimum absolute atomic E-state index is 0.317. The Morgan fingerprint density at radius 2 is 1.85 bits per heavy atom. The lowest BCUT2D eigenvalue weighted by atomic mass is 10.1. The molecule has 6 heteroatoms. The number of methoxy groups -OCH3 is 1. The SMILES string of the molecule is COc1ccccc1N1CCN(Cc2ccc3c(c2)oc(=O)n3C)CC1. The average molecular weight is 353 g/mol. The molecule has 0 radical (unpaired) electrons. The summed E-state index contributed by atoms with van der Waals surface area (Å²) in [7, 11) is 3.44. The van der Waals surface area contributed by atoms with Crippen molar-refractivity contribution in [1.29, 1.82) is 0 Å². The minimum atomic E-state index is -0.317. The topological polar surface area (TPSA) is 50.9 Å². The smallest absolute Gasteiger partial charge is 0.419 e. The second kappa shape index (κ2) is 6.88. The maximum Gasteiger partial charge on any atom is 0.419 e. The Bertz CT molecular complexity index is 968. The van der Waals surface area contributed by atoms with E-state index in [0.717, 1.165) is 55.2 Å². The third-order valence-corrected chi connectivity index (χ3v) is 5.06. The second-order valence-electron chi connectivity index (χ2n) is 6.66. The molecule has 4 rings (SSSR count). The number of aryl methyl sites for hydroxylation is 1. The molecule has 0 aliphatic carbocycles. The van der Waals surface area contributed by atoms with Gasteiger partial charge in [-0.05, 0) is 29.8 Å². The quantitative estimate of drug-likeness (QED) is 0.721. The highest BCUT2D eigenvalue weighted by Gasteiger charge is 2.20. The Balaban J connectivity index is 1.43. The van der Waals surface area contributed by atoms with Crippen LogP contribution in [0.25, 0.3) is 11.1 Å². The lowest BCUT2D eigenvalue weighted by Crippen LogP contribution is -2.46. The number of piperazine rings is 1. The minimum Gasteiger partial charge on any atom is -0.495 e. The van der Waals surface area contributed by atoms with Crippen molar-refractivity contribution in [2.45, 2.75) is 6.54 Å². The number of hydrogen-bond acceptors (Lipinski definition) is 5. The maximum absolute atomic E-state index is 11.6. The third-order valence-electron chi connectivity index (χ3n) is 5.06. The first-order valence-electron chi connectivity index (χ1n) is 8.84. The summed E-state index contributed by atoms with van der Waals surface area (Å²) in [5, 5.41) is 0.